The Morgan fingerprint density at radius 3 is 2.40 bits per heavy atom. The van der Waals surface area contributed by atoms with Gasteiger partial charge in [0.15, 0.2) is 11.4 Å². The van der Waals surface area contributed by atoms with Crippen LogP contribution in [-0.2, 0) is 13.2 Å². The van der Waals surface area contributed by atoms with E-state index in [1.165, 1.54) is 16.8 Å². The van der Waals surface area contributed by atoms with E-state index >= 15 is 0 Å². The molecule has 40 heavy (non-hydrogen) atoms. The van der Waals surface area contributed by atoms with Crippen LogP contribution < -0.4 is 20.8 Å². The summed E-state index contributed by atoms with van der Waals surface area (Å²) in [4.78, 5) is 39.9. The number of ether oxygens (including phenoxy) is 1. The van der Waals surface area contributed by atoms with E-state index in [0.717, 1.165) is 6.20 Å². The number of rotatable bonds is 12. The van der Waals surface area contributed by atoms with E-state index in [1.807, 2.05) is 13.3 Å². The van der Waals surface area contributed by atoms with E-state index in [9.17, 15) is 27.6 Å². The number of nitrogens with one attached hydrogen (secondary N) is 2. The van der Waals surface area contributed by atoms with E-state index in [4.69, 9.17) is 4.74 Å². The summed E-state index contributed by atoms with van der Waals surface area (Å²) < 4.78 is 48.6. The van der Waals surface area contributed by atoms with Crippen molar-refractivity contribution in [1.29, 1.82) is 0 Å². The molecule has 3 aromatic rings. The normalized spacial score (nSPS) is 11.7. The van der Waals surface area contributed by atoms with Crippen LogP contribution in [0.2, 0.25) is 0 Å². The number of amides is 2. The van der Waals surface area contributed by atoms with Gasteiger partial charge in [-0.3, -0.25) is 14.4 Å². The molecule has 0 bridgehead atoms. The highest BCUT2D eigenvalue weighted by Gasteiger charge is 2.26. The summed E-state index contributed by atoms with van der Waals surface area (Å²) in [5.41, 5.74) is -1.38. The molecule has 10 heteroatoms. The molecular weight excluding hydrogens is 523 g/mol. The highest BCUT2D eigenvalue weighted by atomic mass is 19.1. The molecule has 0 aliphatic heterocycles. The molecule has 7 nitrogen and oxygen atoms in total. The lowest BCUT2D eigenvalue weighted by molar-refractivity contribution is 0.0923. The van der Waals surface area contributed by atoms with Gasteiger partial charge in [0.1, 0.15) is 29.6 Å². The van der Waals surface area contributed by atoms with Crippen molar-refractivity contribution in [3.8, 4) is 5.75 Å². The Kier molecular flexibility index (Phi) is 10.5. The third kappa shape index (κ3) is 7.49. The van der Waals surface area contributed by atoms with Gasteiger partial charge in [0.05, 0.1) is 0 Å². The first-order valence-electron chi connectivity index (χ1n) is 12.4. The molecule has 0 unspecified atom stereocenters. The van der Waals surface area contributed by atoms with Gasteiger partial charge in [0, 0.05) is 42.7 Å². The maximum absolute atomic E-state index is 14.1. The van der Waals surface area contributed by atoms with Gasteiger partial charge in [-0.15, -0.1) is 6.58 Å². The van der Waals surface area contributed by atoms with Crippen molar-refractivity contribution in [2.75, 3.05) is 0 Å². The molecule has 1 atom stereocenters. The Bertz CT molecular complexity index is 1450. The standard InChI is InChI=1S/C30H29F3N3O4/c1-4-6-10-13-36-17-23(29(38)34-16-22-24(32)14-21(31)15-25(22)33)27(37)28(26(36)30(39)35-19(3)5-2)40-18-20-11-8-7-9-12-20/h4-5,7-15,17,19H,2,6,16,18H2,1,3H3,(H,34,38)(H,35,39)/t19-/m0/s1. The monoisotopic (exact) mass is 552 g/mol. The molecule has 1 aromatic heterocycles. The highest BCUT2D eigenvalue weighted by Crippen LogP contribution is 2.20. The summed E-state index contributed by atoms with van der Waals surface area (Å²) in [5, 5.41) is 4.99. The minimum atomic E-state index is -1.19. The molecule has 1 heterocycles. The molecule has 3 rings (SSSR count). The van der Waals surface area contributed by atoms with E-state index < -0.39 is 64.2 Å². The second kappa shape index (κ2) is 14.0. The van der Waals surface area contributed by atoms with Crippen LogP contribution in [0.15, 0.2) is 72.2 Å². The number of unbranched alkanes of at least 4 members (excludes halogenated alkanes) is 1. The van der Waals surface area contributed by atoms with E-state index in [-0.39, 0.29) is 12.3 Å². The van der Waals surface area contributed by atoms with Crippen molar-refractivity contribution in [2.24, 2.45) is 0 Å². The van der Waals surface area contributed by atoms with Gasteiger partial charge in [-0.1, -0.05) is 49.4 Å². The summed E-state index contributed by atoms with van der Waals surface area (Å²) in [7, 11) is 0. The molecule has 0 fully saturated rings. The molecule has 1 radical (unpaired) electrons. The van der Waals surface area contributed by atoms with Gasteiger partial charge in [-0.25, -0.2) is 13.2 Å². The van der Waals surface area contributed by atoms with Crippen molar-refractivity contribution >= 4 is 18.0 Å². The Balaban J connectivity index is 2.09. The smallest absolute Gasteiger partial charge is 0.272 e. The second-order valence-corrected chi connectivity index (χ2v) is 8.79. The van der Waals surface area contributed by atoms with Gasteiger partial charge in [-0.2, -0.15) is 0 Å². The maximum Gasteiger partial charge on any atom is 0.272 e. The first-order valence-corrected chi connectivity index (χ1v) is 12.4. The zero-order valence-electron chi connectivity index (χ0n) is 22.0. The molecule has 0 aliphatic carbocycles. The minimum absolute atomic E-state index is 0.0864. The van der Waals surface area contributed by atoms with Crippen LogP contribution in [0.25, 0.3) is 6.20 Å². The topological polar surface area (TPSA) is 89.4 Å². The van der Waals surface area contributed by atoms with Crippen molar-refractivity contribution in [3.63, 3.8) is 0 Å². The minimum Gasteiger partial charge on any atom is -0.483 e. The van der Waals surface area contributed by atoms with Crippen LogP contribution in [-0.4, -0.2) is 22.4 Å². The number of hydrogen-bond acceptors (Lipinski definition) is 4. The van der Waals surface area contributed by atoms with Gasteiger partial charge in [-0.05, 0) is 25.3 Å². The highest BCUT2D eigenvalue weighted by molar-refractivity contribution is 5.99. The van der Waals surface area contributed by atoms with Gasteiger partial charge in [0.2, 0.25) is 5.43 Å². The fraction of sp³-hybridized carbons (Fsp3) is 0.200. The molecule has 0 saturated carbocycles. The number of pyridine rings is 1. The van der Waals surface area contributed by atoms with Crippen LogP contribution in [0.1, 0.15) is 52.2 Å². The van der Waals surface area contributed by atoms with Crippen molar-refractivity contribution in [3.05, 3.63) is 124 Å². The van der Waals surface area contributed by atoms with E-state index in [2.05, 4.69) is 17.2 Å². The Labute approximate surface area is 230 Å². The number of benzene rings is 2. The predicted octanol–water partition coefficient (Wildman–Crippen LogP) is 5.16. The molecule has 0 spiro atoms. The average molecular weight is 553 g/mol. The number of nitrogens with zero attached hydrogens (tertiary/aromatic N) is 1. The number of carbonyl (C=O) groups is 2. The molecular formula is C30H29F3N3O4. The molecule has 2 N–H and O–H groups in total. The fourth-order valence-corrected chi connectivity index (χ4v) is 3.62. The zero-order chi connectivity index (χ0) is 29.2. The van der Waals surface area contributed by atoms with Crippen molar-refractivity contribution < 1.29 is 27.5 Å². The number of allylic oxidation sites excluding steroid dienone is 1. The number of halogens is 3. The third-order valence-electron chi connectivity index (χ3n) is 5.76. The Morgan fingerprint density at radius 2 is 1.77 bits per heavy atom. The maximum atomic E-state index is 14.1. The SMILES string of the molecule is C=C[C@H](C)NC(=O)c1c(OCc2ccccc2)c(=O)c(C(=O)NCc2c(F)cc(F)cc2F)cn1C=CC[CH]C. The van der Waals surface area contributed by atoms with Crippen LogP contribution >= 0.6 is 0 Å². The third-order valence-corrected chi connectivity index (χ3v) is 5.76. The quantitative estimate of drug-likeness (QED) is 0.304. The summed E-state index contributed by atoms with van der Waals surface area (Å²) in [6, 6.07) is 9.40. The molecule has 0 saturated heterocycles. The zero-order valence-corrected chi connectivity index (χ0v) is 22.0. The Morgan fingerprint density at radius 1 is 1.10 bits per heavy atom. The van der Waals surface area contributed by atoms with Crippen molar-refractivity contribution in [2.45, 2.75) is 39.5 Å². The first-order chi connectivity index (χ1) is 19.2. The summed E-state index contributed by atoms with van der Waals surface area (Å²) in [6.07, 6.45) is 8.21. The van der Waals surface area contributed by atoms with Gasteiger partial charge >= 0.3 is 0 Å². The Hall–Kier alpha value is -4.60. The number of carbonyl (C=O) groups excluding carboxylic acids is 2. The van der Waals surface area contributed by atoms with Gasteiger partial charge in [0.25, 0.3) is 11.8 Å². The second-order valence-electron chi connectivity index (χ2n) is 8.79. The van der Waals surface area contributed by atoms with E-state index in [0.29, 0.717) is 24.1 Å². The fourth-order valence-electron chi connectivity index (χ4n) is 3.62. The number of hydrogen-bond donors (Lipinski definition) is 2. The van der Waals surface area contributed by atoms with Crippen LogP contribution in [0, 0.1) is 23.9 Å². The molecule has 2 amide bonds. The lowest BCUT2D eigenvalue weighted by Gasteiger charge is -2.18. The number of aromatic nitrogens is 1. The lowest BCUT2D eigenvalue weighted by atomic mass is 10.1. The summed E-state index contributed by atoms with van der Waals surface area (Å²) >= 11 is 0. The lowest BCUT2D eigenvalue weighted by Crippen LogP contribution is -2.36. The average Bonchev–Trinajstić information content (AvgIpc) is 2.92. The molecule has 0 aliphatic rings. The van der Waals surface area contributed by atoms with E-state index in [1.54, 1.807) is 43.3 Å². The summed E-state index contributed by atoms with van der Waals surface area (Å²) in [6.45, 7) is 6.42. The largest absolute Gasteiger partial charge is 0.483 e. The van der Waals surface area contributed by atoms with Crippen LogP contribution in [0.5, 0.6) is 5.75 Å². The molecule has 2 aromatic carbocycles. The van der Waals surface area contributed by atoms with Gasteiger partial charge < -0.3 is 19.9 Å². The molecule has 209 valence electrons. The van der Waals surface area contributed by atoms with Crippen LogP contribution in [0.3, 0.4) is 0 Å². The first kappa shape index (κ1) is 29.9. The summed E-state index contributed by atoms with van der Waals surface area (Å²) in [5.74, 6) is -5.51. The predicted molar refractivity (Wildman–Crippen MR) is 146 cm³/mol. The van der Waals surface area contributed by atoms with Crippen LogP contribution in [0.4, 0.5) is 13.2 Å². The van der Waals surface area contributed by atoms with Crippen molar-refractivity contribution in [1.82, 2.24) is 15.2 Å².